The van der Waals surface area contributed by atoms with Gasteiger partial charge in [0.15, 0.2) is 0 Å². The first kappa shape index (κ1) is 10.2. The summed E-state index contributed by atoms with van der Waals surface area (Å²) >= 11 is 2.21. The molecule has 0 N–H and O–H groups in total. The molecule has 0 spiro atoms. The summed E-state index contributed by atoms with van der Waals surface area (Å²) in [6.07, 6.45) is 2.73. The summed E-state index contributed by atoms with van der Waals surface area (Å²) in [5.74, 6) is 0. The van der Waals surface area contributed by atoms with Crippen molar-refractivity contribution in [2.24, 2.45) is 0 Å². The Bertz CT molecular complexity index is 15.0. The Hall–Kier alpha value is 1.13. The fourth-order valence-corrected chi connectivity index (χ4v) is 0.354. The van der Waals surface area contributed by atoms with Crippen LogP contribution in [0.4, 0.5) is 0 Å². The molecule has 0 bridgehead atoms. The average molecular weight is 91.0 g/mol. The van der Waals surface area contributed by atoms with Crippen molar-refractivity contribution in [1.82, 2.24) is 0 Å². The average Bonchev–Trinajstić information content (AvgIpc) is 1.41. The molecule has 0 saturated carbocycles. The molecule has 0 unspecified atom stereocenters. The van der Waals surface area contributed by atoms with E-state index < -0.39 is 0 Å². The van der Waals surface area contributed by atoms with Crippen molar-refractivity contribution in [2.45, 2.75) is 24.9 Å². The molecule has 6 heavy (non-hydrogen) atoms. The Labute approximate surface area is 60.0 Å². The minimum absolute atomic E-state index is 0. The van der Waals surface area contributed by atoms with Crippen LogP contribution in [-0.2, 0) is 0 Å². The van der Waals surface area contributed by atoms with Gasteiger partial charge in [-0.15, -0.1) is 0 Å². The molecule has 0 atom stereocenters. The molecule has 0 aromatic heterocycles. The van der Waals surface area contributed by atoms with Crippen LogP contribution in [0, 0.1) is 0 Å². The predicted octanol–water partition coefficient (Wildman–Crippen LogP) is 0.992. The molecule has 0 aliphatic rings. The van der Waals surface area contributed by atoms with Crippen LogP contribution >= 0.6 is 0 Å². The van der Waals surface area contributed by atoms with Crippen LogP contribution in [0.2, 0.25) is 5.09 Å². The molecule has 0 amide bonds. The van der Waals surface area contributed by atoms with Crippen LogP contribution in [-0.4, -0.2) is 35.1 Å². The second kappa shape index (κ2) is 9.46. The van der Waals surface area contributed by atoms with Gasteiger partial charge in [-0.25, -0.2) is 0 Å². The number of rotatable bonds is 2. The molecule has 0 nitrogen and oxygen atoms in total. The van der Waals surface area contributed by atoms with Gasteiger partial charge >= 0.3 is 42.6 Å². The SMILES string of the molecule is [Al].[Li][CH2]CCC. The van der Waals surface area contributed by atoms with Crippen molar-refractivity contribution in [1.29, 1.82) is 0 Å². The summed E-state index contributed by atoms with van der Waals surface area (Å²) in [5, 5.41) is 1.34. The van der Waals surface area contributed by atoms with Crippen LogP contribution in [0.25, 0.3) is 0 Å². The number of hydrogen-bond donors (Lipinski definition) is 0. The normalized spacial score (nSPS) is 7.17. The van der Waals surface area contributed by atoms with Crippen molar-refractivity contribution in [3.05, 3.63) is 0 Å². The fraction of sp³-hybridized carbons (Fsp3) is 1.00. The Morgan fingerprint density at radius 3 is 2.00 bits per heavy atom. The molecular formula is C4H9AlLi. The van der Waals surface area contributed by atoms with Gasteiger partial charge in [0, 0.05) is 17.4 Å². The summed E-state index contributed by atoms with van der Waals surface area (Å²) in [6.45, 7) is 2.21. The molecule has 0 aromatic rings. The number of unbranched alkanes of at least 4 members (excludes halogenated alkanes) is 1. The van der Waals surface area contributed by atoms with Gasteiger partial charge in [-0.3, -0.25) is 0 Å². The molecule has 0 saturated heterocycles. The molecule has 0 rings (SSSR count). The first-order valence-corrected chi connectivity index (χ1v) is 2.41. The molecule has 0 aromatic carbocycles. The van der Waals surface area contributed by atoms with Crippen LogP contribution in [0.1, 0.15) is 19.8 Å². The van der Waals surface area contributed by atoms with Gasteiger partial charge in [0.2, 0.25) is 0 Å². The summed E-state index contributed by atoms with van der Waals surface area (Å²) in [6, 6.07) is 0. The Kier molecular flexibility index (Phi) is 16.0. The van der Waals surface area contributed by atoms with E-state index in [1.165, 1.54) is 17.9 Å². The van der Waals surface area contributed by atoms with E-state index in [-0.39, 0.29) is 17.4 Å². The van der Waals surface area contributed by atoms with E-state index in [1.54, 1.807) is 0 Å². The van der Waals surface area contributed by atoms with Gasteiger partial charge in [-0.2, -0.15) is 0 Å². The van der Waals surface area contributed by atoms with Gasteiger partial charge in [-0.05, 0) is 0 Å². The Morgan fingerprint density at radius 1 is 1.50 bits per heavy atom. The number of hydrogen-bond acceptors (Lipinski definition) is 0. The van der Waals surface area contributed by atoms with E-state index in [4.69, 9.17) is 0 Å². The quantitative estimate of drug-likeness (QED) is 0.444. The molecule has 0 heterocycles. The third-order valence-electron chi connectivity index (χ3n) is 0.707. The molecule has 3 radical (unpaired) electrons. The molecule has 29 valence electrons. The third kappa shape index (κ3) is 8.93. The van der Waals surface area contributed by atoms with E-state index in [0.717, 1.165) is 0 Å². The summed E-state index contributed by atoms with van der Waals surface area (Å²) in [5.41, 5.74) is 0. The zero-order valence-corrected chi connectivity index (χ0v) is 5.85. The first-order chi connectivity index (χ1) is 2.41. The fourth-order valence-electron chi connectivity index (χ4n) is 0.354. The monoisotopic (exact) mass is 91.1 g/mol. The van der Waals surface area contributed by atoms with Gasteiger partial charge in [-0.1, -0.05) is 0 Å². The van der Waals surface area contributed by atoms with Gasteiger partial charge in [0.25, 0.3) is 0 Å². The predicted molar refractivity (Wildman–Crippen MR) is 31.2 cm³/mol. The molecule has 0 aliphatic carbocycles. The second-order valence-corrected chi connectivity index (χ2v) is 1.35. The van der Waals surface area contributed by atoms with Crippen molar-refractivity contribution in [3.63, 3.8) is 0 Å². The van der Waals surface area contributed by atoms with Gasteiger partial charge in [0.1, 0.15) is 0 Å². The van der Waals surface area contributed by atoms with Crippen LogP contribution < -0.4 is 0 Å². The van der Waals surface area contributed by atoms with Crippen molar-refractivity contribution < 1.29 is 0 Å². The Morgan fingerprint density at radius 2 is 2.00 bits per heavy atom. The maximum atomic E-state index is 2.21. The van der Waals surface area contributed by atoms with E-state index in [0.29, 0.717) is 0 Å². The summed E-state index contributed by atoms with van der Waals surface area (Å²) in [7, 11) is 0. The minimum atomic E-state index is 0. The van der Waals surface area contributed by atoms with Crippen molar-refractivity contribution in [3.8, 4) is 0 Å². The van der Waals surface area contributed by atoms with Crippen LogP contribution in [0.3, 0.4) is 0 Å². The topological polar surface area (TPSA) is 0 Å². The molecule has 2 heteroatoms. The van der Waals surface area contributed by atoms with E-state index in [9.17, 15) is 0 Å². The zero-order valence-electron chi connectivity index (χ0n) is 4.70. The Balaban J connectivity index is 0. The van der Waals surface area contributed by atoms with E-state index >= 15 is 0 Å². The maximum absolute atomic E-state index is 2.21. The standard InChI is InChI=1S/C4H9.Al.Li/c1-3-4-2;;/h1,3-4H2,2H3;;. The van der Waals surface area contributed by atoms with E-state index in [1.807, 2.05) is 0 Å². The third-order valence-corrected chi connectivity index (χ3v) is 0.707. The van der Waals surface area contributed by atoms with Gasteiger partial charge in [0.05, 0.1) is 0 Å². The van der Waals surface area contributed by atoms with Crippen LogP contribution in [0.15, 0.2) is 0 Å². The van der Waals surface area contributed by atoms with Crippen LogP contribution in [0.5, 0.6) is 0 Å². The van der Waals surface area contributed by atoms with E-state index in [2.05, 4.69) is 24.6 Å². The molecule has 0 aliphatic heterocycles. The molecular weight excluding hydrogens is 82.0 g/mol. The summed E-state index contributed by atoms with van der Waals surface area (Å²) < 4.78 is 0. The van der Waals surface area contributed by atoms with Gasteiger partial charge < -0.3 is 0 Å². The second-order valence-electron chi connectivity index (χ2n) is 1.35. The van der Waals surface area contributed by atoms with Crippen molar-refractivity contribution >= 4 is 35.1 Å². The molecule has 0 fully saturated rings. The van der Waals surface area contributed by atoms with Crippen molar-refractivity contribution in [2.75, 3.05) is 0 Å². The summed E-state index contributed by atoms with van der Waals surface area (Å²) in [4.78, 5) is 0. The first-order valence-electron chi connectivity index (χ1n) is 2.41. The zero-order chi connectivity index (χ0) is 4.12.